The smallest absolute Gasteiger partial charge is 0.319 e. The van der Waals surface area contributed by atoms with Gasteiger partial charge in [0.05, 0.1) is 0 Å². The first kappa shape index (κ1) is 13.4. The second-order valence-corrected chi connectivity index (χ2v) is 5.41. The van der Waals surface area contributed by atoms with Crippen LogP contribution in [0.4, 0.5) is 5.82 Å². The summed E-state index contributed by atoms with van der Waals surface area (Å²) in [6.45, 7) is 2.42. The molecule has 0 aromatic carbocycles. The number of aryl methyl sites for hydroxylation is 1. The minimum atomic E-state index is -4.01. The fourth-order valence-corrected chi connectivity index (χ4v) is 2.28. The zero-order valence-corrected chi connectivity index (χ0v) is 10.1. The molecule has 96 valence electrons. The van der Waals surface area contributed by atoms with Crippen LogP contribution in [0.25, 0.3) is 0 Å². The third kappa shape index (κ3) is 3.16. The average molecular weight is 262 g/mol. The monoisotopic (exact) mass is 262 g/mol. The van der Waals surface area contributed by atoms with Crippen molar-refractivity contribution < 1.29 is 18.3 Å². The van der Waals surface area contributed by atoms with Gasteiger partial charge in [-0.3, -0.25) is 4.79 Å². The number of carbonyl (C=O) groups is 1. The van der Waals surface area contributed by atoms with E-state index in [1.165, 1.54) is 4.68 Å². The summed E-state index contributed by atoms with van der Waals surface area (Å²) >= 11 is 0. The molecule has 0 atom stereocenters. The summed E-state index contributed by atoms with van der Waals surface area (Å²) in [5.41, 5.74) is 5.57. The first-order valence-electron chi connectivity index (χ1n) is 5.02. The van der Waals surface area contributed by atoms with Crippen LogP contribution in [0.2, 0.25) is 0 Å². The van der Waals surface area contributed by atoms with E-state index in [0.717, 1.165) is 12.8 Å². The lowest BCUT2D eigenvalue weighted by molar-refractivity contribution is -0.134. The predicted octanol–water partition coefficient (Wildman–Crippen LogP) is -0.481. The number of hydrogen-bond donors (Lipinski definition) is 2. The molecule has 0 bridgehead atoms. The fraction of sp³-hybridized carbons (Fsp3) is 0.625. The molecule has 0 fully saturated rings. The number of carboxylic acids is 1. The Bertz CT molecular complexity index is 508. The molecule has 0 aliphatic carbocycles. The number of nitrogens with two attached hydrogens (primary N) is 1. The van der Waals surface area contributed by atoms with E-state index < -0.39 is 26.6 Å². The van der Waals surface area contributed by atoms with Gasteiger partial charge in [-0.1, -0.05) is 18.6 Å². The second kappa shape index (κ2) is 5.13. The Morgan fingerprint density at radius 3 is 2.71 bits per heavy atom. The van der Waals surface area contributed by atoms with E-state index in [9.17, 15) is 13.2 Å². The van der Waals surface area contributed by atoms with E-state index in [4.69, 9.17) is 10.8 Å². The summed E-state index contributed by atoms with van der Waals surface area (Å²) in [7, 11) is -4.01. The van der Waals surface area contributed by atoms with E-state index in [1.807, 2.05) is 6.92 Å². The molecule has 1 aromatic heterocycles. The maximum Gasteiger partial charge on any atom is 0.319 e. The van der Waals surface area contributed by atoms with Crippen LogP contribution in [0.15, 0.2) is 5.03 Å². The number of aliphatic carboxylic acids is 1. The van der Waals surface area contributed by atoms with Crippen molar-refractivity contribution in [2.45, 2.75) is 31.3 Å². The van der Waals surface area contributed by atoms with Crippen LogP contribution in [0.1, 0.15) is 19.8 Å². The molecule has 0 aliphatic rings. The van der Waals surface area contributed by atoms with Gasteiger partial charge >= 0.3 is 5.97 Å². The minimum absolute atomic E-state index is 0.111. The summed E-state index contributed by atoms with van der Waals surface area (Å²) in [6, 6.07) is 0. The summed E-state index contributed by atoms with van der Waals surface area (Å²) in [5, 5.41) is 15.0. The van der Waals surface area contributed by atoms with Gasteiger partial charge in [-0.25, -0.2) is 13.1 Å². The van der Waals surface area contributed by atoms with Gasteiger partial charge in [-0.15, -0.1) is 5.10 Å². The van der Waals surface area contributed by atoms with Crippen LogP contribution in [0, 0.1) is 0 Å². The molecule has 9 heteroatoms. The number of aromatic nitrogens is 3. The molecule has 0 radical (unpaired) electrons. The quantitative estimate of drug-likeness (QED) is 0.708. The van der Waals surface area contributed by atoms with Gasteiger partial charge in [0.15, 0.2) is 11.6 Å². The number of nitrogens with zero attached hydrogens (tertiary/aromatic N) is 3. The predicted molar refractivity (Wildman–Crippen MR) is 59.0 cm³/mol. The third-order valence-electron chi connectivity index (χ3n) is 2.07. The molecule has 3 N–H and O–H groups in total. The zero-order valence-electron chi connectivity index (χ0n) is 9.33. The van der Waals surface area contributed by atoms with E-state index in [2.05, 4.69) is 10.3 Å². The molecule has 8 nitrogen and oxygen atoms in total. The van der Waals surface area contributed by atoms with Crippen molar-refractivity contribution in [3.8, 4) is 0 Å². The van der Waals surface area contributed by atoms with Crippen molar-refractivity contribution in [3.63, 3.8) is 0 Å². The lowest BCUT2D eigenvalue weighted by Crippen LogP contribution is -2.17. The largest absolute Gasteiger partial charge is 0.480 e. The number of hydrogen-bond acceptors (Lipinski definition) is 6. The molecule has 0 spiro atoms. The summed E-state index contributed by atoms with van der Waals surface area (Å²) in [6.07, 6.45) is 1.68. The topological polar surface area (TPSA) is 128 Å². The minimum Gasteiger partial charge on any atom is -0.480 e. The van der Waals surface area contributed by atoms with Crippen LogP contribution >= 0.6 is 0 Å². The van der Waals surface area contributed by atoms with E-state index in [0.29, 0.717) is 6.54 Å². The van der Waals surface area contributed by atoms with Gasteiger partial charge in [0.25, 0.3) is 0 Å². The molecule has 0 amide bonds. The normalized spacial score (nSPS) is 11.6. The highest BCUT2D eigenvalue weighted by molar-refractivity contribution is 7.92. The number of anilines is 1. The van der Waals surface area contributed by atoms with E-state index in [-0.39, 0.29) is 5.82 Å². The summed E-state index contributed by atoms with van der Waals surface area (Å²) in [4.78, 5) is 10.4. The van der Waals surface area contributed by atoms with Crippen LogP contribution in [0.5, 0.6) is 0 Å². The molecule has 17 heavy (non-hydrogen) atoms. The van der Waals surface area contributed by atoms with Crippen LogP contribution < -0.4 is 5.73 Å². The Labute approximate surface area is 98.3 Å². The van der Waals surface area contributed by atoms with Gasteiger partial charge in [0.2, 0.25) is 14.9 Å². The zero-order chi connectivity index (χ0) is 13.1. The Kier molecular flexibility index (Phi) is 4.05. The number of rotatable bonds is 6. The first-order valence-corrected chi connectivity index (χ1v) is 6.67. The SMILES string of the molecule is CCCCn1nnc(S(=O)(=O)CC(=O)O)c1N. The van der Waals surface area contributed by atoms with E-state index in [1.54, 1.807) is 0 Å². The van der Waals surface area contributed by atoms with Crippen molar-refractivity contribution in [2.24, 2.45) is 0 Å². The highest BCUT2D eigenvalue weighted by atomic mass is 32.2. The average Bonchev–Trinajstić information content (AvgIpc) is 2.55. The second-order valence-electron chi connectivity index (χ2n) is 3.51. The number of unbranched alkanes of at least 4 members (excludes halogenated alkanes) is 1. The first-order chi connectivity index (χ1) is 7.88. The van der Waals surface area contributed by atoms with Crippen molar-refractivity contribution in [1.82, 2.24) is 15.0 Å². The van der Waals surface area contributed by atoms with Crippen LogP contribution in [-0.4, -0.2) is 40.2 Å². The highest BCUT2D eigenvalue weighted by Crippen LogP contribution is 2.16. The Morgan fingerprint density at radius 1 is 1.53 bits per heavy atom. The van der Waals surface area contributed by atoms with Crippen LogP contribution in [-0.2, 0) is 21.2 Å². The van der Waals surface area contributed by atoms with Crippen molar-refractivity contribution >= 4 is 21.6 Å². The summed E-state index contributed by atoms with van der Waals surface area (Å²) in [5.74, 6) is -2.60. The van der Waals surface area contributed by atoms with Gasteiger partial charge in [-0.2, -0.15) is 0 Å². The lowest BCUT2D eigenvalue weighted by atomic mass is 10.3. The molecule has 0 aliphatic heterocycles. The number of sulfone groups is 1. The molecule has 0 saturated carbocycles. The molecule has 0 unspecified atom stereocenters. The Balaban J connectivity index is 3.00. The highest BCUT2D eigenvalue weighted by Gasteiger charge is 2.26. The summed E-state index contributed by atoms with van der Waals surface area (Å²) < 4.78 is 24.4. The van der Waals surface area contributed by atoms with Gasteiger partial charge in [-0.05, 0) is 6.42 Å². The molecule has 1 rings (SSSR count). The Hall–Kier alpha value is -1.64. The molecule has 0 saturated heterocycles. The fourth-order valence-electron chi connectivity index (χ4n) is 1.23. The van der Waals surface area contributed by atoms with Gasteiger partial charge < -0.3 is 10.8 Å². The third-order valence-corrected chi connectivity index (χ3v) is 3.58. The molecule has 1 heterocycles. The van der Waals surface area contributed by atoms with Crippen molar-refractivity contribution in [2.75, 3.05) is 11.5 Å². The maximum atomic E-state index is 11.6. The van der Waals surface area contributed by atoms with Crippen LogP contribution in [0.3, 0.4) is 0 Å². The van der Waals surface area contributed by atoms with Crippen molar-refractivity contribution in [1.29, 1.82) is 0 Å². The van der Waals surface area contributed by atoms with Gasteiger partial charge in [0.1, 0.15) is 0 Å². The van der Waals surface area contributed by atoms with Gasteiger partial charge in [0, 0.05) is 6.54 Å². The number of nitrogen functional groups attached to an aromatic ring is 1. The molecule has 1 aromatic rings. The molecular weight excluding hydrogens is 248 g/mol. The number of carboxylic acid groups (broad SMARTS) is 1. The standard InChI is InChI=1S/C8H14N4O4S/c1-2-3-4-12-7(9)8(10-11-12)17(15,16)5-6(13)14/h2-5,9H2,1H3,(H,13,14). The van der Waals surface area contributed by atoms with E-state index >= 15 is 0 Å². The molecular formula is C8H14N4O4S. The maximum absolute atomic E-state index is 11.6. The van der Waals surface area contributed by atoms with Crippen molar-refractivity contribution in [3.05, 3.63) is 0 Å². The Morgan fingerprint density at radius 2 is 2.18 bits per heavy atom. The lowest BCUT2D eigenvalue weighted by Gasteiger charge is -2.01.